The molecule has 0 aromatic carbocycles. The van der Waals surface area contributed by atoms with Gasteiger partial charge in [-0.2, -0.15) is 0 Å². The summed E-state index contributed by atoms with van der Waals surface area (Å²) >= 11 is 0. The number of hydrogen-bond acceptors (Lipinski definition) is 2. The fraction of sp³-hybridized carbons (Fsp3) is 1.00. The molecular weight excluding hydrogens is 198 g/mol. The summed E-state index contributed by atoms with van der Waals surface area (Å²) in [5.41, 5.74) is 0. The van der Waals surface area contributed by atoms with E-state index in [4.69, 9.17) is 0 Å². The Hall–Kier alpha value is -0.0800. The molecule has 2 heteroatoms. The monoisotopic (exact) mass is 227 g/mol. The van der Waals surface area contributed by atoms with E-state index >= 15 is 0 Å². The third kappa shape index (κ3) is 4.84. The van der Waals surface area contributed by atoms with E-state index in [2.05, 4.69) is 33.0 Å². The summed E-state index contributed by atoms with van der Waals surface area (Å²) in [7, 11) is 0. The Morgan fingerprint density at radius 3 is 2.12 bits per heavy atom. The molecule has 0 aromatic heterocycles. The molecule has 3 unspecified atom stereocenters. The molecule has 0 amide bonds. The van der Waals surface area contributed by atoms with Gasteiger partial charge in [0, 0.05) is 6.54 Å². The van der Waals surface area contributed by atoms with Gasteiger partial charge in [0.1, 0.15) is 0 Å². The number of rotatable bonds is 5. The van der Waals surface area contributed by atoms with Crippen molar-refractivity contribution in [1.29, 1.82) is 0 Å². The lowest BCUT2D eigenvalue weighted by atomic mass is 9.74. The first kappa shape index (κ1) is 14.0. The SMILES string of the molecule is CC(C)CNCC(O)C1CC(C)CC(C)C1. The minimum absolute atomic E-state index is 0.149. The van der Waals surface area contributed by atoms with Crippen LogP contribution in [0.3, 0.4) is 0 Å². The highest BCUT2D eigenvalue weighted by atomic mass is 16.3. The molecule has 1 aliphatic carbocycles. The normalized spacial score (nSPS) is 33.0. The van der Waals surface area contributed by atoms with Gasteiger partial charge >= 0.3 is 0 Å². The van der Waals surface area contributed by atoms with Crippen LogP contribution in [-0.2, 0) is 0 Å². The van der Waals surface area contributed by atoms with Crippen molar-refractivity contribution in [3.8, 4) is 0 Å². The molecule has 0 bridgehead atoms. The second-order valence-corrected chi connectivity index (χ2v) is 6.30. The van der Waals surface area contributed by atoms with E-state index in [1.807, 2.05) is 0 Å². The second-order valence-electron chi connectivity index (χ2n) is 6.30. The first-order chi connectivity index (χ1) is 7.49. The van der Waals surface area contributed by atoms with Gasteiger partial charge in [-0.15, -0.1) is 0 Å². The molecule has 0 heterocycles. The zero-order valence-electron chi connectivity index (χ0n) is 11.4. The van der Waals surface area contributed by atoms with Gasteiger partial charge in [0.05, 0.1) is 6.10 Å². The smallest absolute Gasteiger partial charge is 0.0692 e. The molecule has 3 atom stereocenters. The van der Waals surface area contributed by atoms with Gasteiger partial charge in [0.25, 0.3) is 0 Å². The van der Waals surface area contributed by atoms with E-state index < -0.39 is 0 Å². The minimum Gasteiger partial charge on any atom is -0.392 e. The molecule has 1 aliphatic rings. The van der Waals surface area contributed by atoms with E-state index in [9.17, 15) is 5.11 Å². The summed E-state index contributed by atoms with van der Waals surface area (Å²) < 4.78 is 0. The first-order valence-corrected chi connectivity index (χ1v) is 6.87. The Morgan fingerprint density at radius 2 is 1.62 bits per heavy atom. The Labute approximate surface area is 101 Å². The van der Waals surface area contributed by atoms with E-state index in [1.165, 1.54) is 19.3 Å². The quantitative estimate of drug-likeness (QED) is 0.757. The largest absolute Gasteiger partial charge is 0.392 e. The van der Waals surface area contributed by atoms with Crippen molar-refractivity contribution in [3.63, 3.8) is 0 Å². The standard InChI is InChI=1S/C14H29NO/c1-10(2)8-15-9-14(16)13-6-11(3)5-12(4)7-13/h10-16H,5-9H2,1-4H3. The molecule has 0 radical (unpaired) electrons. The third-order valence-electron chi connectivity index (χ3n) is 3.67. The van der Waals surface area contributed by atoms with Crippen LogP contribution in [0, 0.1) is 23.7 Å². The molecule has 0 spiro atoms. The Morgan fingerprint density at radius 1 is 1.06 bits per heavy atom. The minimum atomic E-state index is -0.149. The van der Waals surface area contributed by atoms with Crippen LogP contribution in [0.25, 0.3) is 0 Å². The van der Waals surface area contributed by atoms with E-state index in [0.29, 0.717) is 11.8 Å². The maximum atomic E-state index is 10.2. The second kappa shape index (κ2) is 6.61. The lowest BCUT2D eigenvalue weighted by Crippen LogP contribution is -2.37. The molecule has 2 N–H and O–H groups in total. The van der Waals surface area contributed by atoms with Crippen molar-refractivity contribution in [1.82, 2.24) is 5.32 Å². The van der Waals surface area contributed by atoms with Crippen molar-refractivity contribution in [2.75, 3.05) is 13.1 Å². The van der Waals surface area contributed by atoms with Crippen molar-refractivity contribution in [3.05, 3.63) is 0 Å². The molecule has 1 rings (SSSR count). The number of aliphatic hydroxyl groups is 1. The average Bonchev–Trinajstić information content (AvgIpc) is 2.15. The summed E-state index contributed by atoms with van der Waals surface area (Å²) in [5, 5.41) is 13.5. The maximum Gasteiger partial charge on any atom is 0.0692 e. The van der Waals surface area contributed by atoms with Crippen molar-refractivity contribution in [2.24, 2.45) is 23.7 Å². The lowest BCUT2D eigenvalue weighted by Gasteiger charge is -2.34. The highest BCUT2D eigenvalue weighted by molar-refractivity contribution is 4.80. The number of hydrogen-bond donors (Lipinski definition) is 2. The van der Waals surface area contributed by atoms with Crippen LogP contribution in [0.5, 0.6) is 0 Å². The van der Waals surface area contributed by atoms with Crippen LogP contribution < -0.4 is 5.32 Å². The summed E-state index contributed by atoms with van der Waals surface area (Å²) in [5.74, 6) is 2.75. The van der Waals surface area contributed by atoms with Crippen LogP contribution in [0.4, 0.5) is 0 Å². The highest BCUT2D eigenvalue weighted by Crippen LogP contribution is 2.34. The predicted octanol–water partition coefficient (Wildman–Crippen LogP) is 2.67. The zero-order chi connectivity index (χ0) is 12.1. The summed E-state index contributed by atoms with van der Waals surface area (Å²) in [4.78, 5) is 0. The fourth-order valence-electron chi connectivity index (χ4n) is 3.01. The van der Waals surface area contributed by atoms with E-state index in [1.54, 1.807) is 0 Å². The van der Waals surface area contributed by atoms with Crippen molar-refractivity contribution >= 4 is 0 Å². The van der Waals surface area contributed by atoms with Gasteiger partial charge in [0.15, 0.2) is 0 Å². The van der Waals surface area contributed by atoms with E-state index in [0.717, 1.165) is 24.9 Å². The molecule has 16 heavy (non-hydrogen) atoms. The van der Waals surface area contributed by atoms with Crippen LogP contribution >= 0.6 is 0 Å². The number of nitrogens with one attached hydrogen (secondary N) is 1. The van der Waals surface area contributed by atoms with Gasteiger partial charge in [-0.05, 0) is 49.5 Å². The van der Waals surface area contributed by atoms with Crippen LogP contribution in [0.2, 0.25) is 0 Å². The topological polar surface area (TPSA) is 32.3 Å². The molecule has 1 saturated carbocycles. The van der Waals surface area contributed by atoms with Gasteiger partial charge in [-0.1, -0.05) is 27.7 Å². The third-order valence-corrected chi connectivity index (χ3v) is 3.67. The molecule has 1 fully saturated rings. The van der Waals surface area contributed by atoms with E-state index in [-0.39, 0.29) is 6.10 Å². The average molecular weight is 227 g/mol. The van der Waals surface area contributed by atoms with Gasteiger partial charge in [0.2, 0.25) is 0 Å². The predicted molar refractivity (Wildman–Crippen MR) is 69.4 cm³/mol. The van der Waals surface area contributed by atoms with Crippen LogP contribution in [0.15, 0.2) is 0 Å². The van der Waals surface area contributed by atoms with Gasteiger partial charge in [-0.25, -0.2) is 0 Å². The highest BCUT2D eigenvalue weighted by Gasteiger charge is 2.28. The molecule has 0 aromatic rings. The van der Waals surface area contributed by atoms with Crippen LogP contribution in [0.1, 0.15) is 47.0 Å². The van der Waals surface area contributed by atoms with Crippen molar-refractivity contribution < 1.29 is 5.11 Å². The molecule has 0 saturated heterocycles. The molecule has 96 valence electrons. The molecular formula is C14H29NO. The summed E-state index contributed by atoms with van der Waals surface area (Å²) in [6.07, 6.45) is 3.59. The zero-order valence-corrected chi connectivity index (χ0v) is 11.4. The maximum absolute atomic E-state index is 10.2. The fourth-order valence-corrected chi connectivity index (χ4v) is 3.01. The first-order valence-electron chi connectivity index (χ1n) is 6.87. The van der Waals surface area contributed by atoms with Gasteiger partial charge < -0.3 is 10.4 Å². The summed E-state index contributed by atoms with van der Waals surface area (Å²) in [6.45, 7) is 10.8. The lowest BCUT2D eigenvalue weighted by molar-refractivity contribution is 0.0554. The Kier molecular flexibility index (Phi) is 5.77. The molecule has 0 aliphatic heterocycles. The van der Waals surface area contributed by atoms with Gasteiger partial charge in [-0.3, -0.25) is 0 Å². The van der Waals surface area contributed by atoms with Crippen LogP contribution in [-0.4, -0.2) is 24.3 Å². The number of aliphatic hydroxyl groups excluding tert-OH is 1. The summed E-state index contributed by atoms with van der Waals surface area (Å²) in [6, 6.07) is 0. The Bertz CT molecular complexity index is 183. The Balaban J connectivity index is 2.26. The van der Waals surface area contributed by atoms with Crippen molar-refractivity contribution in [2.45, 2.75) is 53.1 Å². The molecule has 2 nitrogen and oxygen atoms in total.